The topological polar surface area (TPSA) is 117 Å². The summed E-state index contributed by atoms with van der Waals surface area (Å²) in [7, 11) is 1.62. The van der Waals surface area contributed by atoms with Crippen molar-refractivity contribution in [3.8, 4) is 28.3 Å². The minimum absolute atomic E-state index is 0.00247. The zero-order valence-electron chi connectivity index (χ0n) is 23.2. The number of benzene rings is 2. The number of rotatable bonds is 7. The molecule has 4 heterocycles. The van der Waals surface area contributed by atoms with Crippen molar-refractivity contribution in [1.82, 2.24) is 20.0 Å². The molecule has 4 aromatic rings. The van der Waals surface area contributed by atoms with Crippen LogP contribution < -0.4 is 31.1 Å². The summed E-state index contributed by atoms with van der Waals surface area (Å²) in [5.41, 5.74) is 7.65. The van der Waals surface area contributed by atoms with Crippen LogP contribution in [0.25, 0.3) is 33.5 Å². The van der Waals surface area contributed by atoms with Crippen LogP contribution in [-0.2, 0) is 4.74 Å². The van der Waals surface area contributed by atoms with Crippen LogP contribution in [0.2, 0.25) is 5.02 Å². The second-order valence-corrected chi connectivity index (χ2v) is 10.8. The van der Waals surface area contributed by atoms with Crippen molar-refractivity contribution in [1.29, 1.82) is 0 Å². The molecule has 2 aromatic heterocycles. The number of halogens is 2. The third kappa shape index (κ3) is 5.47. The van der Waals surface area contributed by atoms with Crippen LogP contribution in [0.5, 0.6) is 5.75 Å². The molecule has 2 fully saturated rings. The van der Waals surface area contributed by atoms with Gasteiger partial charge >= 0.3 is 0 Å². The number of anilines is 2. The zero-order chi connectivity index (χ0) is 29.2. The number of nitrogens with zero attached hydrogens (tertiary/aromatic N) is 4. The Morgan fingerprint density at radius 2 is 1.93 bits per heavy atom. The Balaban J connectivity index is 1.48. The van der Waals surface area contributed by atoms with E-state index in [1.165, 1.54) is 24.3 Å². The molecule has 0 aliphatic carbocycles. The first-order valence-electron chi connectivity index (χ1n) is 14.0. The summed E-state index contributed by atoms with van der Waals surface area (Å²) in [5.74, 6) is 0.626. The summed E-state index contributed by atoms with van der Waals surface area (Å²) in [6, 6.07) is 11.5. The standard InChI is InChI=1S/C30H32ClFN6O4/c1-40-25-15-19(5-6-24(25)37-11-9-34-10-12-37)28-35-27(33)21-16-20(26-22(31)3-2-4-23(26)32)30(39)38(29(21)36-28)42-17-18-7-13-41-14-8-18/h2-6,15-16,18,34H,7-14,17H2,1H3,(H2,33,35,36). The second kappa shape index (κ2) is 12.1. The van der Waals surface area contributed by atoms with Gasteiger partial charge in [-0.15, -0.1) is 4.73 Å². The molecule has 2 aliphatic rings. The number of fused-ring (bicyclic) bond motifs is 1. The summed E-state index contributed by atoms with van der Waals surface area (Å²) in [6.45, 7) is 5.00. The number of hydrogen-bond donors (Lipinski definition) is 2. The minimum Gasteiger partial charge on any atom is -0.495 e. The number of nitrogen functional groups attached to an aromatic ring is 1. The number of nitrogens with one attached hydrogen (secondary N) is 1. The molecule has 0 bridgehead atoms. The first-order chi connectivity index (χ1) is 20.4. The molecule has 220 valence electrons. The fourth-order valence-electron chi connectivity index (χ4n) is 5.44. The summed E-state index contributed by atoms with van der Waals surface area (Å²) in [5, 5.41) is 3.78. The fourth-order valence-corrected chi connectivity index (χ4v) is 5.70. The molecule has 2 saturated heterocycles. The van der Waals surface area contributed by atoms with Crippen LogP contribution >= 0.6 is 11.6 Å². The number of aromatic nitrogens is 3. The van der Waals surface area contributed by atoms with Crippen LogP contribution in [0.1, 0.15) is 12.8 Å². The van der Waals surface area contributed by atoms with Gasteiger partial charge in [-0.1, -0.05) is 17.7 Å². The average molecular weight is 595 g/mol. The van der Waals surface area contributed by atoms with E-state index in [1.807, 2.05) is 18.2 Å². The number of hydrogen-bond acceptors (Lipinski definition) is 9. The highest BCUT2D eigenvalue weighted by Crippen LogP contribution is 2.35. The van der Waals surface area contributed by atoms with Gasteiger partial charge in [0.25, 0.3) is 5.56 Å². The highest BCUT2D eigenvalue weighted by atomic mass is 35.5. The summed E-state index contributed by atoms with van der Waals surface area (Å²) in [4.78, 5) is 31.6. The molecule has 0 spiro atoms. The van der Waals surface area contributed by atoms with Crippen molar-refractivity contribution in [2.45, 2.75) is 12.8 Å². The van der Waals surface area contributed by atoms with Crippen LogP contribution in [0.15, 0.2) is 47.3 Å². The highest BCUT2D eigenvalue weighted by molar-refractivity contribution is 6.33. The molecular weight excluding hydrogens is 563 g/mol. The van der Waals surface area contributed by atoms with E-state index in [-0.39, 0.29) is 40.1 Å². The quantitative estimate of drug-likeness (QED) is 0.330. The van der Waals surface area contributed by atoms with Crippen molar-refractivity contribution in [2.24, 2.45) is 5.92 Å². The van der Waals surface area contributed by atoms with E-state index in [0.29, 0.717) is 35.7 Å². The summed E-state index contributed by atoms with van der Waals surface area (Å²) in [6.07, 6.45) is 1.60. The van der Waals surface area contributed by atoms with Gasteiger partial charge in [0.15, 0.2) is 11.5 Å². The number of piperazine rings is 1. The Bertz CT molecular complexity index is 1650. The molecule has 2 aromatic carbocycles. The van der Waals surface area contributed by atoms with Gasteiger partial charge < -0.3 is 30.3 Å². The molecule has 42 heavy (non-hydrogen) atoms. The van der Waals surface area contributed by atoms with E-state index in [0.717, 1.165) is 49.4 Å². The Hall–Kier alpha value is -3.93. The Kier molecular flexibility index (Phi) is 8.14. The predicted molar refractivity (Wildman–Crippen MR) is 161 cm³/mol. The number of methoxy groups -OCH3 is 1. The molecule has 6 rings (SSSR count). The van der Waals surface area contributed by atoms with Crippen molar-refractivity contribution in [3.05, 3.63) is 63.7 Å². The minimum atomic E-state index is -0.636. The SMILES string of the molecule is COc1cc(-c2nc(N)c3cc(-c4c(F)cccc4Cl)c(=O)n(OCC4CCOCC4)c3n2)ccc1N1CCNCC1. The molecule has 0 unspecified atom stereocenters. The maximum absolute atomic E-state index is 15.0. The molecule has 0 amide bonds. The average Bonchev–Trinajstić information content (AvgIpc) is 3.01. The molecule has 3 N–H and O–H groups in total. The van der Waals surface area contributed by atoms with Gasteiger partial charge in [-0.3, -0.25) is 4.79 Å². The Morgan fingerprint density at radius 3 is 2.67 bits per heavy atom. The van der Waals surface area contributed by atoms with E-state index in [9.17, 15) is 9.18 Å². The first-order valence-corrected chi connectivity index (χ1v) is 14.3. The van der Waals surface area contributed by atoms with E-state index < -0.39 is 11.4 Å². The van der Waals surface area contributed by atoms with Gasteiger partial charge in [0.1, 0.15) is 24.0 Å². The maximum atomic E-state index is 15.0. The van der Waals surface area contributed by atoms with Gasteiger partial charge in [0.2, 0.25) is 0 Å². The van der Waals surface area contributed by atoms with Crippen LogP contribution in [0.3, 0.4) is 0 Å². The molecular formula is C30H32ClFN6O4. The van der Waals surface area contributed by atoms with Gasteiger partial charge in [0, 0.05) is 50.5 Å². The second-order valence-electron chi connectivity index (χ2n) is 10.4. The lowest BCUT2D eigenvalue weighted by molar-refractivity contribution is 0.0153. The molecule has 10 nitrogen and oxygen atoms in total. The van der Waals surface area contributed by atoms with Gasteiger partial charge in [-0.25, -0.2) is 14.4 Å². The highest BCUT2D eigenvalue weighted by Gasteiger charge is 2.23. The van der Waals surface area contributed by atoms with Crippen molar-refractivity contribution >= 4 is 34.1 Å². The largest absolute Gasteiger partial charge is 0.495 e. The molecule has 2 aliphatic heterocycles. The van der Waals surface area contributed by atoms with Crippen LogP contribution in [0.4, 0.5) is 15.9 Å². The smallest absolute Gasteiger partial charge is 0.293 e. The van der Waals surface area contributed by atoms with Crippen molar-refractivity contribution < 1.29 is 18.7 Å². The normalized spacial score (nSPS) is 16.1. The third-order valence-corrected chi connectivity index (χ3v) is 8.07. The molecule has 0 saturated carbocycles. The van der Waals surface area contributed by atoms with E-state index in [2.05, 4.69) is 15.2 Å². The Morgan fingerprint density at radius 1 is 1.14 bits per heavy atom. The molecule has 12 heteroatoms. The number of nitrogens with two attached hydrogens (primary N) is 1. The molecule has 0 radical (unpaired) electrons. The number of ether oxygens (including phenoxy) is 2. The first kappa shape index (κ1) is 28.2. The van der Waals surface area contributed by atoms with Crippen molar-refractivity contribution in [3.63, 3.8) is 0 Å². The van der Waals surface area contributed by atoms with E-state index in [1.54, 1.807) is 7.11 Å². The van der Waals surface area contributed by atoms with E-state index in [4.69, 9.17) is 36.6 Å². The summed E-state index contributed by atoms with van der Waals surface area (Å²) >= 11 is 6.36. The fraction of sp³-hybridized carbons (Fsp3) is 0.367. The van der Waals surface area contributed by atoms with Gasteiger partial charge in [0.05, 0.1) is 28.8 Å². The summed E-state index contributed by atoms with van der Waals surface area (Å²) < 4.78 is 27.3. The Labute approximate surface area is 247 Å². The maximum Gasteiger partial charge on any atom is 0.293 e. The number of pyridine rings is 1. The van der Waals surface area contributed by atoms with E-state index >= 15 is 0 Å². The third-order valence-electron chi connectivity index (χ3n) is 7.76. The zero-order valence-corrected chi connectivity index (χ0v) is 24.0. The monoisotopic (exact) mass is 594 g/mol. The van der Waals surface area contributed by atoms with Gasteiger partial charge in [-0.2, -0.15) is 0 Å². The molecule has 0 atom stereocenters. The lowest BCUT2D eigenvalue weighted by Crippen LogP contribution is -2.43. The predicted octanol–water partition coefficient (Wildman–Crippen LogP) is 3.77. The van der Waals surface area contributed by atoms with Crippen molar-refractivity contribution in [2.75, 3.05) is 63.7 Å². The van der Waals surface area contributed by atoms with Crippen LogP contribution in [-0.4, -0.2) is 67.8 Å². The lowest BCUT2D eigenvalue weighted by Gasteiger charge is -2.30. The van der Waals surface area contributed by atoms with Gasteiger partial charge in [-0.05, 0) is 55.2 Å². The van der Waals surface area contributed by atoms with Crippen LogP contribution in [0, 0.1) is 11.7 Å². The lowest BCUT2D eigenvalue weighted by atomic mass is 10.0.